The van der Waals surface area contributed by atoms with Crippen molar-refractivity contribution in [1.82, 2.24) is 15.1 Å². The van der Waals surface area contributed by atoms with Gasteiger partial charge in [0.15, 0.2) is 0 Å². The minimum absolute atomic E-state index is 0.475. The van der Waals surface area contributed by atoms with Crippen LogP contribution >= 0.6 is 0 Å². The van der Waals surface area contributed by atoms with E-state index in [1.54, 1.807) is 12.4 Å². The zero-order valence-electron chi connectivity index (χ0n) is 8.42. The Labute approximate surface area is 87.3 Å². The average Bonchev–Trinajstić information content (AvgIpc) is 2.83. The van der Waals surface area contributed by atoms with E-state index in [4.69, 9.17) is 4.52 Å². The average molecular weight is 201 g/mol. The first-order chi connectivity index (χ1) is 7.34. The van der Waals surface area contributed by atoms with Crippen molar-refractivity contribution in [2.24, 2.45) is 5.92 Å². The molecule has 0 bridgehead atoms. The quantitative estimate of drug-likeness (QED) is 0.747. The van der Waals surface area contributed by atoms with E-state index in [2.05, 4.69) is 22.0 Å². The highest BCUT2D eigenvalue weighted by Gasteiger charge is 2.38. The molecule has 2 aromatic heterocycles. The molecular weight excluding hydrogens is 190 g/mol. The summed E-state index contributed by atoms with van der Waals surface area (Å²) in [5.41, 5.74) is 0.904. The van der Waals surface area contributed by atoms with Crippen molar-refractivity contribution >= 4 is 0 Å². The fraction of sp³-hybridized carbons (Fsp3) is 0.364. The Kier molecular flexibility index (Phi) is 1.80. The number of rotatable bonds is 2. The highest BCUT2D eigenvalue weighted by atomic mass is 16.5. The van der Waals surface area contributed by atoms with E-state index < -0.39 is 0 Å². The predicted octanol–water partition coefficient (Wildman–Crippen LogP) is 2.25. The standard InChI is InChI=1S/C11H11N3O/c1-7-5-9(7)11-13-10(14-15-11)8-3-2-4-12-6-8/h2-4,6-7,9H,5H2,1H3/t7-,9+/m1/s1. The maximum atomic E-state index is 5.22. The minimum atomic E-state index is 0.475. The number of pyridine rings is 1. The maximum Gasteiger partial charge on any atom is 0.230 e. The van der Waals surface area contributed by atoms with E-state index in [-0.39, 0.29) is 0 Å². The van der Waals surface area contributed by atoms with Crippen LogP contribution in [0.15, 0.2) is 29.0 Å². The number of hydrogen-bond donors (Lipinski definition) is 0. The first kappa shape index (κ1) is 8.59. The van der Waals surface area contributed by atoms with E-state index in [9.17, 15) is 0 Å². The molecular formula is C11H11N3O. The molecule has 4 heteroatoms. The highest BCUT2D eigenvalue weighted by Crippen LogP contribution is 2.46. The number of aromatic nitrogens is 3. The monoisotopic (exact) mass is 201 g/mol. The smallest absolute Gasteiger partial charge is 0.230 e. The zero-order valence-corrected chi connectivity index (χ0v) is 8.42. The van der Waals surface area contributed by atoms with Crippen molar-refractivity contribution in [2.45, 2.75) is 19.3 Å². The second-order valence-corrected chi connectivity index (χ2v) is 4.02. The van der Waals surface area contributed by atoms with Gasteiger partial charge >= 0.3 is 0 Å². The van der Waals surface area contributed by atoms with Gasteiger partial charge in [-0.1, -0.05) is 12.1 Å². The summed E-state index contributed by atoms with van der Waals surface area (Å²) in [7, 11) is 0. The largest absolute Gasteiger partial charge is 0.339 e. The second kappa shape index (κ2) is 3.15. The van der Waals surface area contributed by atoms with Gasteiger partial charge in [0.25, 0.3) is 0 Å². The van der Waals surface area contributed by atoms with Crippen LogP contribution in [-0.4, -0.2) is 15.1 Å². The lowest BCUT2D eigenvalue weighted by molar-refractivity contribution is 0.377. The minimum Gasteiger partial charge on any atom is -0.339 e. The Morgan fingerprint density at radius 1 is 1.47 bits per heavy atom. The molecule has 0 radical (unpaired) electrons. The summed E-state index contributed by atoms with van der Waals surface area (Å²) in [5.74, 6) is 2.56. The van der Waals surface area contributed by atoms with Crippen LogP contribution in [0.1, 0.15) is 25.2 Å². The van der Waals surface area contributed by atoms with Crippen LogP contribution in [0.4, 0.5) is 0 Å². The summed E-state index contributed by atoms with van der Waals surface area (Å²) >= 11 is 0. The molecule has 3 rings (SSSR count). The Balaban J connectivity index is 1.91. The lowest BCUT2D eigenvalue weighted by atomic mass is 10.3. The van der Waals surface area contributed by atoms with E-state index in [1.807, 2.05) is 12.1 Å². The van der Waals surface area contributed by atoms with Crippen LogP contribution in [0.5, 0.6) is 0 Å². The first-order valence-electron chi connectivity index (χ1n) is 5.08. The Bertz CT molecular complexity index is 466. The molecule has 0 aromatic carbocycles. The number of nitrogens with zero attached hydrogens (tertiary/aromatic N) is 3. The van der Waals surface area contributed by atoms with Crippen molar-refractivity contribution in [3.05, 3.63) is 30.4 Å². The molecule has 4 nitrogen and oxygen atoms in total. The molecule has 0 N–H and O–H groups in total. The van der Waals surface area contributed by atoms with E-state index in [0.717, 1.165) is 17.9 Å². The molecule has 0 unspecified atom stereocenters. The van der Waals surface area contributed by atoms with Crippen LogP contribution in [0.25, 0.3) is 11.4 Å². The van der Waals surface area contributed by atoms with Gasteiger partial charge in [-0.05, 0) is 24.5 Å². The van der Waals surface area contributed by atoms with Gasteiger partial charge in [0, 0.05) is 23.9 Å². The van der Waals surface area contributed by atoms with Gasteiger partial charge < -0.3 is 4.52 Å². The van der Waals surface area contributed by atoms with Gasteiger partial charge in [-0.25, -0.2) is 0 Å². The third kappa shape index (κ3) is 1.52. The summed E-state index contributed by atoms with van der Waals surface area (Å²) < 4.78 is 5.22. The SMILES string of the molecule is C[C@@H]1C[C@@H]1c1nc(-c2cccnc2)no1. The summed E-state index contributed by atoms with van der Waals surface area (Å²) in [6.07, 6.45) is 4.63. The topological polar surface area (TPSA) is 51.8 Å². The van der Waals surface area contributed by atoms with Crippen molar-refractivity contribution in [2.75, 3.05) is 0 Å². The van der Waals surface area contributed by atoms with E-state index in [0.29, 0.717) is 17.7 Å². The second-order valence-electron chi connectivity index (χ2n) is 4.02. The van der Waals surface area contributed by atoms with E-state index >= 15 is 0 Å². The lowest BCUT2D eigenvalue weighted by Gasteiger charge is -1.89. The lowest BCUT2D eigenvalue weighted by Crippen LogP contribution is -1.83. The predicted molar refractivity (Wildman–Crippen MR) is 54.1 cm³/mol. The molecule has 0 amide bonds. The molecule has 2 atom stereocenters. The molecule has 0 spiro atoms. The van der Waals surface area contributed by atoms with Crippen molar-refractivity contribution in [1.29, 1.82) is 0 Å². The molecule has 2 heterocycles. The first-order valence-corrected chi connectivity index (χ1v) is 5.08. The molecule has 1 saturated carbocycles. The molecule has 15 heavy (non-hydrogen) atoms. The van der Waals surface area contributed by atoms with Crippen LogP contribution in [-0.2, 0) is 0 Å². The summed E-state index contributed by atoms with van der Waals surface area (Å²) in [5, 5.41) is 3.96. The summed E-state index contributed by atoms with van der Waals surface area (Å²) in [4.78, 5) is 8.40. The van der Waals surface area contributed by atoms with Crippen LogP contribution in [0.3, 0.4) is 0 Å². The summed E-state index contributed by atoms with van der Waals surface area (Å²) in [6.45, 7) is 2.19. The van der Waals surface area contributed by atoms with Gasteiger partial charge in [0.1, 0.15) is 0 Å². The third-order valence-electron chi connectivity index (χ3n) is 2.79. The molecule has 1 fully saturated rings. The van der Waals surface area contributed by atoms with Crippen molar-refractivity contribution < 1.29 is 4.52 Å². The van der Waals surface area contributed by atoms with Crippen LogP contribution in [0.2, 0.25) is 0 Å². The van der Waals surface area contributed by atoms with Crippen LogP contribution in [0, 0.1) is 5.92 Å². The molecule has 0 aliphatic heterocycles. The Hall–Kier alpha value is -1.71. The van der Waals surface area contributed by atoms with Gasteiger partial charge in [-0.2, -0.15) is 4.98 Å². The van der Waals surface area contributed by atoms with Crippen LogP contribution < -0.4 is 0 Å². The molecule has 1 aliphatic carbocycles. The fourth-order valence-corrected chi connectivity index (χ4v) is 1.66. The van der Waals surface area contributed by atoms with Gasteiger partial charge in [-0.3, -0.25) is 4.98 Å². The molecule has 76 valence electrons. The van der Waals surface area contributed by atoms with Gasteiger partial charge in [0.2, 0.25) is 11.7 Å². The maximum absolute atomic E-state index is 5.22. The highest BCUT2D eigenvalue weighted by molar-refractivity contribution is 5.52. The zero-order chi connectivity index (χ0) is 10.3. The molecule has 2 aromatic rings. The Morgan fingerprint density at radius 2 is 2.33 bits per heavy atom. The fourth-order valence-electron chi connectivity index (χ4n) is 1.66. The number of hydrogen-bond acceptors (Lipinski definition) is 4. The Morgan fingerprint density at radius 3 is 3.00 bits per heavy atom. The molecule has 1 aliphatic rings. The normalized spacial score (nSPS) is 24.1. The van der Waals surface area contributed by atoms with Gasteiger partial charge in [0.05, 0.1) is 0 Å². The van der Waals surface area contributed by atoms with Crippen molar-refractivity contribution in [3.63, 3.8) is 0 Å². The van der Waals surface area contributed by atoms with Gasteiger partial charge in [-0.15, -0.1) is 0 Å². The molecule has 0 saturated heterocycles. The summed E-state index contributed by atoms with van der Waals surface area (Å²) in [6, 6.07) is 3.79. The van der Waals surface area contributed by atoms with E-state index in [1.165, 1.54) is 0 Å². The van der Waals surface area contributed by atoms with Crippen molar-refractivity contribution in [3.8, 4) is 11.4 Å². The third-order valence-corrected chi connectivity index (χ3v) is 2.79.